The van der Waals surface area contributed by atoms with Gasteiger partial charge in [0.05, 0.1) is 0 Å². The Bertz CT molecular complexity index is 1420. The van der Waals surface area contributed by atoms with Gasteiger partial charge in [0.2, 0.25) is 0 Å². The molecule has 0 aliphatic rings. The van der Waals surface area contributed by atoms with Crippen LogP contribution in [0.15, 0.2) is 66.7 Å². The first-order chi connectivity index (χ1) is 31.6. The maximum atomic E-state index is 2.77. The minimum absolute atomic E-state index is 1.24. The Hall–Kier alpha value is -1.91. The van der Waals surface area contributed by atoms with Crippen molar-refractivity contribution in [1.82, 2.24) is 0 Å². The second-order valence-electron chi connectivity index (χ2n) is 20.6. The first-order valence-electron chi connectivity index (χ1n) is 28.9. The van der Waals surface area contributed by atoms with Crippen LogP contribution < -0.4 is 15.9 Å². The summed E-state index contributed by atoms with van der Waals surface area (Å²) in [6.45, 7) is 11.7. The average Bonchev–Trinajstić information content (AvgIpc) is 3.32. The van der Waals surface area contributed by atoms with Crippen LogP contribution in [0.1, 0.15) is 282 Å². The van der Waals surface area contributed by atoms with Gasteiger partial charge in [-0.3, -0.25) is 0 Å². The second-order valence-corrected chi connectivity index (χ2v) is 24.6. The van der Waals surface area contributed by atoms with Gasteiger partial charge in [-0.05, 0) is 0 Å². The maximum absolute atomic E-state index is 2.77. The van der Waals surface area contributed by atoms with Gasteiger partial charge in [0, 0.05) is 0 Å². The van der Waals surface area contributed by atoms with E-state index in [0.717, 1.165) is 0 Å². The predicted octanol–water partition coefficient (Wildman–Crippen LogP) is 19.6. The summed E-state index contributed by atoms with van der Waals surface area (Å²) in [6, 6.07) is 28.5. The molecular weight excluding hydrogens is 788 g/mol. The van der Waals surface area contributed by atoms with Crippen LogP contribution >= 0.6 is 7.26 Å². The van der Waals surface area contributed by atoms with Crippen molar-refractivity contribution in [3.05, 3.63) is 89.0 Å². The number of benzene rings is 3. The fourth-order valence-corrected chi connectivity index (χ4v) is 16.4. The second kappa shape index (κ2) is 38.1. The van der Waals surface area contributed by atoms with Crippen LogP contribution in [0.25, 0.3) is 0 Å². The van der Waals surface area contributed by atoms with Crippen LogP contribution in [0.2, 0.25) is 0 Å². The molecule has 0 fully saturated rings. The Labute approximate surface area is 401 Å². The zero-order chi connectivity index (χ0) is 45.6. The molecule has 0 aromatic heterocycles. The van der Waals surface area contributed by atoms with E-state index in [-0.39, 0.29) is 0 Å². The standard InChI is InChI=1S/C63H107P/c1-6-11-16-21-26-31-37-44-57-50-52-62(59(55-57)46-39-33-28-23-18-13-8-3)64(61-48-41-36-42-49-61,54-43-35-30-25-20-15-10-5)63-53-51-58(45-38-32-27-22-17-12-7-2)56-60(63)47-40-34-29-24-19-14-9-4/h36,41-42,48-53,55-56,64H,6-35,37-40,43-47,54H2,1-5H3. The molecule has 0 unspecified atom stereocenters. The van der Waals surface area contributed by atoms with Gasteiger partial charge in [0.1, 0.15) is 0 Å². The van der Waals surface area contributed by atoms with Crippen LogP contribution in [0.3, 0.4) is 0 Å². The van der Waals surface area contributed by atoms with Crippen LogP contribution in [-0.4, -0.2) is 6.16 Å². The quantitative estimate of drug-likeness (QED) is 0.0392. The molecular formula is C63H107P. The first kappa shape index (κ1) is 56.4. The molecule has 0 aliphatic heterocycles. The third kappa shape index (κ3) is 22.7. The summed E-state index contributed by atoms with van der Waals surface area (Å²) in [5, 5.41) is 5.22. The molecule has 0 aliphatic carbocycles. The fraction of sp³-hybridized carbons (Fsp3) is 0.714. The summed E-state index contributed by atoms with van der Waals surface area (Å²) in [6.07, 6.45) is 54.7. The van der Waals surface area contributed by atoms with Crippen LogP contribution in [-0.2, 0) is 25.7 Å². The topological polar surface area (TPSA) is 0 Å². The van der Waals surface area contributed by atoms with E-state index in [1.165, 1.54) is 257 Å². The van der Waals surface area contributed by atoms with Crippen molar-refractivity contribution in [3.63, 3.8) is 0 Å². The molecule has 0 spiro atoms. The molecule has 3 aromatic carbocycles. The minimum atomic E-state index is -2.42. The summed E-state index contributed by atoms with van der Waals surface area (Å²) < 4.78 is 0. The van der Waals surface area contributed by atoms with E-state index in [4.69, 9.17) is 0 Å². The van der Waals surface area contributed by atoms with Crippen molar-refractivity contribution in [2.75, 3.05) is 6.16 Å². The summed E-state index contributed by atoms with van der Waals surface area (Å²) in [5.74, 6) is 0. The molecule has 0 saturated carbocycles. The molecule has 3 aromatic rings. The molecule has 64 heavy (non-hydrogen) atoms. The Morgan fingerprint density at radius 1 is 0.281 bits per heavy atom. The summed E-state index contributed by atoms with van der Waals surface area (Å²) in [4.78, 5) is 0. The molecule has 0 saturated heterocycles. The molecule has 364 valence electrons. The Morgan fingerprint density at radius 2 is 0.578 bits per heavy atom. The van der Waals surface area contributed by atoms with Crippen molar-refractivity contribution in [2.45, 2.75) is 285 Å². The number of unbranched alkanes of at least 4 members (excludes halogenated alkanes) is 30. The third-order valence-electron chi connectivity index (χ3n) is 14.9. The SMILES string of the molecule is CCCCCCCCCc1ccc([PH](CCCCCCCCC)(c2ccccc2)c2ccc(CCCCCCCCC)cc2CCCCCCCCC)c(CCCCCCCCC)c1. The average molecular weight is 896 g/mol. The molecule has 0 atom stereocenters. The van der Waals surface area contributed by atoms with E-state index in [1.807, 2.05) is 0 Å². The van der Waals surface area contributed by atoms with E-state index < -0.39 is 7.26 Å². The predicted molar refractivity (Wildman–Crippen MR) is 296 cm³/mol. The molecule has 0 amide bonds. The molecule has 0 radical (unpaired) electrons. The van der Waals surface area contributed by atoms with E-state index in [2.05, 4.69) is 101 Å². The Kier molecular flexibility index (Phi) is 33.6. The number of hydrogen-bond donors (Lipinski definition) is 0. The van der Waals surface area contributed by atoms with Crippen molar-refractivity contribution in [1.29, 1.82) is 0 Å². The van der Waals surface area contributed by atoms with Gasteiger partial charge in [-0.2, -0.15) is 0 Å². The summed E-state index contributed by atoms with van der Waals surface area (Å²) in [5.41, 5.74) is 6.66. The van der Waals surface area contributed by atoms with Gasteiger partial charge >= 0.3 is 390 Å². The van der Waals surface area contributed by atoms with Crippen LogP contribution in [0, 0.1) is 0 Å². The summed E-state index contributed by atoms with van der Waals surface area (Å²) >= 11 is 0. The fourth-order valence-electron chi connectivity index (χ4n) is 10.9. The number of aryl methyl sites for hydroxylation is 4. The van der Waals surface area contributed by atoms with Gasteiger partial charge < -0.3 is 0 Å². The number of rotatable bonds is 43. The van der Waals surface area contributed by atoms with Crippen LogP contribution in [0.4, 0.5) is 0 Å². The van der Waals surface area contributed by atoms with Gasteiger partial charge in [0.25, 0.3) is 0 Å². The Morgan fingerprint density at radius 3 is 0.922 bits per heavy atom. The van der Waals surface area contributed by atoms with E-state index in [1.54, 1.807) is 38.2 Å². The van der Waals surface area contributed by atoms with Crippen molar-refractivity contribution >= 4 is 23.2 Å². The van der Waals surface area contributed by atoms with Crippen molar-refractivity contribution in [2.24, 2.45) is 0 Å². The molecule has 0 bridgehead atoms. The molecule has 0 nitrogen and oxygen atoms in total. The van der Waals surface area contributed by atoms with Gasteiger partial charge in [-0.1, -0.05) is 13.8 Å². The van der Waals surface area contributed by atoms with E-state index in [0.29, 0.717) is 0 Å². The molecule has 1 heteroatoms. The zero-order valence-corrected chi connectivity index (χ0v) is 44.6. The van der Waals surface area contributed by atoms with E-state index >= 15 is 0 Å². The summed E-state index contributed by atoms with van der Waals surface area (Å²) in [7, 11) is -2.42. The molecule has 0 heterocycles. The van der Waals surface area contributed by atoms with Crippen LogP contribution in [0.5, 0.6) is 0 Å². The van der Waals surface area contributed by atoms with Gasteiger partial charge in [0.15, 0.2) is 0 Å². The van der Waals surface area contributed by atoms with Gasteiger partial charge in [-0.15, -0.1) is 0 Å². The monoisotopic (exact) mass is 895 g/mol. The van der Waals surface area contributed by atoms with Crippen molar-refractivity contribution < 1.29 is 0 Å². The normalized spacial score (nSPS) is 12.1. The van der Waals surface area contributed by atoms with Gasteiger partial charge in [-0.25, -0.2) is 0 Å². The van der Waals surface area contributed by atoms with Crippen molar-refractivity contribution in [3.8, 4) is 0 Å². The number of hydrogen-bond acceptors (Lipinski definition) is 0. The molecule has 3 rings (SSSR count). The first-order valence-corrected chi connectivity index (χ1v) is 31.1. The third-order valence-corrected chi connectivity index (χ3v) is 20.2. The molecule has 0 N–H and O–H groups in total. The zero-order valence-electron chi connectivity index (χ0n) is 43.6. The van der Waals surface area contributed by atoms with E-state index in [9.17, 15) is 0 Å². The Balaban J connectivity index is 2.13.